The molecule has 1 heterocycles. The van der Waals surface area contributed by atoms with Crippen LogP contribution < -0.4 is 20.8 Å². The van der Waals surface area contributed by atoms with Crippen LogP contribution in [0.25, 0.3) is 11.0 Å². The van der Waals surface area contributed by atoms with Gasteiger partial charge in [0, 0.05) is 17.0 Å². The largest absolute Gasteiger partial charge is 0.548 e. The third-order valence-corrected chi connectivity index (χ3v) is 5.64. The topological polar surface area (TPSA) is 109 Å². The number of carbonyl (C=O) groups is 2. The summed E-state index contributed by atoms with van der Waals surface area (Å²) in [5.41, 5.74) is 1.89. The van der Waals surface area contributed by atoms with E-state index in [1.165, 1.54) is 6.92 Å². The van der Waals surface area contributed by atoms with Gasteiger partial charge in [0.2, 0.25) is 0 Å². The molecule has 1 amide bonds. The first kappa shape index (κ1) is 20.9. The monoisotopic (exact) mass is 400 g/mol. The number of aliphatic carboxylic acids is 1. The molecule has 2 aromatic rings. The zero-order chi connectivity index (χ0) is 21.1. The molecule has 7 nitrogen and oxygen atoms in total. The number of fused-ring (bicyclic) bond motifs is 3. The number of amides is 1. The molecule has 1 aromatic heterocycles. The molecule has 0 aliphatic heterocycles. The van der Waals surface area contributed by atoms with Crippen molar-refractivity contribution in [2.45, 2.75) is 65.0 Å². The Morgan fingerprint density at radius 2 is 1.90 bits per heavy atom. The highest BCUT2D eigenvalue weighted by atomic mass is 16.5. The fourth-order valence-electron chi connectivity index (χ4n) is 3.70. The maximum absolute atomic E-state index is 12.4. The van der Waals surface area contributed by atoms with Crippen molar-refractivity contribution >= 4 is 22.8 Å². The molecular weight excluding hydrogens is 374 g/mol. The minimum atomic E-state index is -1.32. The number of hydrogen-bond donors (Lipinski definition) is 1. The van der Waals surface area contributed by atoms with Crippen LogP contribution in [0.1, 0.15) is 51.2 Å². The second kappa shape index (κ2) is 8.68. The van der Waals surface area contributed by atoms with Crippen molar-refractivity contribution in [3.8, 4) is 5.75 Å². The van der Waals surface area contributed by atoms with E-state index in [4.69, 9.17) is 9.15 Å². The Morgan fingerprint density at radius 3 is 2.55 bits per heavy atom. The predicted octanol–water partition coefficient (Wildman–Crippen LogP) is 1.72. The molecule has 1 aromatic carbocycles. The van der Waals surface area contributed by atoms with Crippen LogP contribution in [0.4, 0.5) is 0 Å². The summed E-state index contributed by atoms with van der Waals surface area (Å²) in [6, 6.07) is 4.08. The molecule has 3 rings (SSSR count). The maximum Gasteiger partial charge on any atom is 0.339 e. The first-order valence-electron chi connectivity index (χ1n) is 10.1. The quantitative estimate of drug-likeness (QED) is 0.709. The fourth-order valence-corrected chi connectivity index (χ4v) is 3.70. The van der Waals surface area contributed by atoms with Gasteiger partial charge in [-0.15, -0.1) is 0 Å². The summed E-state index contributed by atoms with van der Waals surface area (Å²) in [4.78, 5) is 36.0. The normalized spacial score (nSPS) is 16.5. The molecule has 1 aliphatic carbocycles. The van der Waals surface area contributed by atoms with E-state index in [0.717, 1.165) is 42.2 Å². The number of aryl methyl sites for hydroxylation is 1. The van der Waals surface area contributed by atoms with Crippen LogP contribution in [0.15, 0.2) is 27.4 Å². The van der Waals surface area contributed by atoms with Gasteiger partial charge >= 0.3 is 5.63 Å². The minimum absolute atomic E-state index is 0.266. The van der Waals surface area contributed by atoms with E-state index in [9.17, 15) is 19.5 Å². The van der Waals surface area contributed by atoms with Crippen LogP contribution >= 0.6 is 0 Å². The Labute approximate surface area is 169 Å². The maximum atomic E-state index is 12.4. The van der Waals surface area contributed by atoms with Gasteiger partial charge in [0.15, 0.2) is 6.10 Å². The lowest BCUT2D eigenvalue weighted by atomic mass is 9.91. The molecule has 3 atom stereocenters. The lowest BCUT2D eigenvalue weighted by Gasteiger charge is -2.26. The average molecular weight is 400 g/mol. The molecule has 0 saturated carbocycles. The lowest BCUT2D eigenvalue weighted by Crippen LogP contribution is -2.54. The van der Waals surface area contributed by atoms with Crippen molar-refractivity contribution in [2.24, 2.45) is 5.92 Å². The van der Waals surface area contributed by atoms with Crippen LogP contribution in [-0.2, 0) is 22.4 Å². The zero-order valence-corrected chi connectivity index (χ0v) is 16.9. The number of carboxylic acids is 1. The van der Waals surface area contributed by atoms with Gasteiger partial charge in [0.05, 0.1) is 12.0 Å². The van der Waals surface area contributed by atoms with Crippen LogP contribution in [0.3, 0.4) is 0 Å². The molecule has 0 bridgehead atoms. The van der Waals surface area contributed by atoms with E-state index in [1.807, 2.05) is 13.0 Å². The molecule has 0 spiro atoms. The summed E-state index contributed by atoms with van der Waals surface area (Å²) in [5, 5.41) is 14.7. The van der Waals surface area contributed by atoms with Gasteiger partial charge in [-0.05, 0) is 56.2 Å². The van der Waals surface area contributed by atoms with Crippen LogP contribution in [-0.4, -0.2) is 24.0 Å². The van der Waals surface area contributed by atoms with Crippen molar-refractivity contribution in [1.82, 2.24) is 5.32 Å². The summed E-state index contributed by atoms with van der Waals surface area (Å²) >= 11 is 0. The Morgan fingerprint density at radius 1 is 1.21 bits per heavy atom. The van der Waals surface area contributed by atoms with Gasteiger partial charge in [0.1, 0.15) is 11.3 Å². The standard InChI is InChI=1S/C22H27NO6/c1-4-12(2)19(21(25)26)23-20(24)13(3)28-14-9-10-16-15-7-5-6-8-17(15)22(27)29-18(16)11-14/h9-13,19H,4-8H2,1-3H3,(H,23,24)(H,25,26)/p-1/t12-,13-,19+/m1/s1. The number of rotatable bonds is 7. The molecule has 29 heavy (non-hydrogen) atoms. The SMILES string of the molecule is CC[C@@H](C)[C@H](NC(=O)[C@@H](C)Oc1ccc2c3c(c(=O)oc2c1)CCCC3)C(=O)[O-]. The zero-order valence-electron chi connectivity index (χ0n) is 16.9. The number of benzene rings is 1. The van der Waals surface area contributed by atoms with E-state index in [1.54, 1.807) is 19.1 Å². The predicted molar refractivity (Wildman–Crippen MR) is 106 cm³/mol. The van der Waals surface area contributed by atoms with Crippen molar-refractivity contribution in [2.75, 3.05) is 0 Å². The van der Waals surface area contributed by atoms with Crippen molar-refractivity contribution in [3.63, 3.8) is 0 Å². The van der Waals surface area contributed by atoms with E-state index < -0.39 is 24.0 Å². The van der Waals surface area contributed by atoms with E-state index in [-0.39, 0.29) is 11.5 Å². The molecule has 0 fully saturated rings. The van der Waals surface area contributed by atoms with E-state index >= 15 is 0 Å². The Kier molecular flexibility index (Phi) is 6.25. The third kappa shape index (κ3) is 4.44. The highest BCUT2D eigenvalue weighted by molar-refractivity contribution is 5.86. The number of carboxylic acid groups (broad SMARTS) is 1. The molecule has 1 N–H and O–H groups in total. The number of carbonyl (C=O) groups excluding carboxylic acids is 2. The molecule has 1 aliphatic rings. The minimum Gasteiger partial charge on any atom is -0.548 e. The summed E-state index contributed by atoms with van der Waals surface area (Å²) in [6.45, 7) is 5.11. The van der Waals surface area contributed by atoms with Crippen molar-refractivity contribution in [1.29, 1.82) is 0 Å². The average Bonchev–Trinajstić information content (AvgIpc) is 2.71. The van der Waals surface area contributed by atoms with Crippen LogP contribution in [0.2, 0.25) is 0 Å². The molecule has 7 heteroatoms. The summed E-state index contributed by atoms with van der Waals surface area (Å²) in [7, 11) is 0. The van der Waals surface area contributed by atoms with Crippen molar-refractivity contribution < 1.29 is 23.8 Å². The number of hydrogen-bond acceptors (Lipinski definition) is 6. The second-order valence-electron chi connectivity index (χ2n) is 7.66. The first-order chi connectivity index (χ1) is 13.8. The highest BCUT2D eigenvalue weighted by Gasteiger charge is 2.24. The van der Waals surface area contributed by atoms with Crippen LogP contribution in [0, 0.1) is 5.92 Å². The van der Waals surface area contributed by atoms with Gasteiger partial charge in [0.25, 0.3) is 5.91 Å². The van der Waals surface area contributed by atoms with E-state index in [2.05, 4.69) is 5.32 Å². The third-order valence-electron chi connectivity index (χ3n) is 5.64. The number of nitrogens with one attached hydrogen (secondary N) is 1. The summed E-state index contributed by atoms with van der Waals surface area (Å²) < 4.78 is 11.1. The molecule has 0 saturated heterocycles. The molecule has 0 radical (unpaired) electrons. The molecule has 0 unspecified atom stereocenters. The fraction of sp³-hybridized carbons (Fsp3) is 0.500. The Bertz CT molecular complexity index is 979. The lowest BCUT2D eigenvalue weighted by molar-refractivity contribution is -0.309. The first-order valence-corrected chi connectivity index (χ1v) is 10.1. The van der Waals surface area contributed by atoms with Crippen LogP contribution in [0.5, 0.6) is 5.75 Å². The smallest absolute Gasteiger partial charge is 0.339 e. The second-order valence-corrected chi connectivity index (χ2v) is 7.66. The highest BCUT2D eigenvalue weighted by Crippen LogP contribution is 2.29. The van der Waals surface area contributed by atoms with Gasteiger partial charge < -0.3 is 24.4 Å². The Hall–Kier alpha value is -2.83. The van der Waals surface area contributed by atoms with Gasteiger partial charge in [-0.1, -0.05) is 20.3 Å². The van der Waals surface area contributed by atoms with Gasteiger partial charge in [-0.25, -0.2) is 4.79 Å². The van der Waals surface area contributed by atoms with Gasteiger partial charge in [-0.2, -0.15) is 0 Å². The Balaban J connectivity index is 1.78. The molecule has 156 valence electrons. The summed E-state index contributed by atoms with van der Waals surface area (Å²) in [5.74, 6) is -1.77. The van der Waals surface area contributed by atoms with Crippen molar-refractivity contribution in [3.05, 3.63) is 39.7 Å². The van der Waals surface area contributed by atoms with E-state index in [0.29, 0.717) is 17.8 Å². The number of ether oxygens (including phenoxy) is 1. The molecular formula is C22H26NO6-. The van der Waals surface area contributed by atoms with Gasteiger partial charge in [-0.3, -0.25) is 4.79 Å². The summed E-state index contributed by atoms with van der Waals surface area (Å²) in [6.07, 6.45) is 3.26.